The van der Waals surface area contributed by atoms with E-state index in [1.807, 2.05) is 36.4 Å². The van der Waals surface area contributed by atoms with Crippen LogP contribution in [0.2, 0.25) is 0 Å². The number of nitriles is 1. The summed E-state index contributed by atoms with van der Waals surface area (Å²) in [5, 5.41) is 12.8. The van der Waals surface area contributed by atoms with Gasteiger partial charge in [-0.2, -0.15) is 5.26 Å². The Morgan fingerprint density at radius 1 is 1.06 bits per heavy atom. The van der Waals surface area contributed by atoms with Crippen LogP contribution in [0.3, 0.4) is 0 Å². The van der Waals surface area contributed by atoms with Gasteiger partial charge in [0, 0.05) is 41.7 Å². The molecule has 1 atom stereocenters. The normalized spacial score (nSPS) is 15.4. The van der Waals surface area contributed by atoms with Crippen LogP contribution in [0, 0.1) is 11.3 Å². The third-order valence-electron chi connectivity index (χ3n) is 6.16. The number of nitrogens with two attached hydrogens (primary N) is 1. The van der Waals surface area contributed by atoms with Gasteiger partial charge >= 0.3 is 0 Å². The molecule has 0 amide bonds. The third kappa shape index (κ3) is 4.74. The van der Waals surface area contributed by atoms with Crippen LogP contribution in [0.15, 0.2) is 85.1 Å². The van der Waals surface area contributed by atoms with E-state index >= 15 is 0 Å². The van der Waals surface area contributed by atoms with E-state index in [-0.39, 0.29) is 27.5 Å². The molecular formula is C28H30N6O. The van der Waals surface area contributed by atoms with E-state index in [1.54, 1.807) is 36.5 Å². The summed E-state index contributed by atoms with van der Waals surface area (Å²) < 4.78 is 0. The van der Waals surface area contributed by atoms with Crippen LogP contribution in [0.25, 0.3) is 11.1 Å². The number of anilines is 2. The fourth-order valence-electron chi connectivity index (χ4n) is 4.31. The zero-order valence-electron chi connectivity index (χ0n) is 19.1. The van der Waals surface area contributed by atoms with Gasteiger partial charge in [-0.1, -0.05) is 48.5 Å². The molecule has 1 fully saturated rings. The highest BCUT2D eigenvalue weighted by Crippen LogP contribution is 2.26. The molecule has 178 valence electrons. The lowest BCUT2D eigenvalue weighted by atomic mass is 10.0. The molecule has 0 saturated carbocycles. The van der Waals surface area contributed by atoms with Crippen LogP contribution in [-0.4, -0.2) is 35.4 Å². The van der Waals surface area contributed by atoms with Crippen LogP contribution < -0.4 is 16.0 Å². The zero-order chi connectivity index (χ0) is 24.2. The lowest BCUT2D eigenvalue weighted by Gasteiger charge is -2.35. The van der Waals surface area contributed by atoms with Gasteiger partial charge in [0.1, 0.15) is 17.3 Å². The van der Waals surface area contributed by atoms with E-state index in [0.29, 0.717) is 16.8 Å². The highest BCUT2D eigenvalue weighted by atomic mass is 16.1. The number of pyridine rings is 2. The second-order valence-electron chi connectivity index (χ2n) is 8.42. The quantitative estimate of drug-likeness (QED) is 0.410. The van der Waals surface area contributed by atoms with E-state index < -0.39 is 0 Å². The van der Waals surface area contributed by atoms with Crippen LogP contribution in [-0.2, 0) is 0 Å². The molecule has 7 nitrogen and oxygen atoms in total. The Labute approximate surface area is 208 Å². The first kappa shape index (κ1) is 22.3. The van der Waals surface area contributed by atoms with E-state index in [2.05, 4.69) is 33.4 Å². The van der Waals surface area contributed by atoms with Gasteiger partial charge < -0.3 is 16.0 Å². The maximum Gasteiger partial charge on any atom is 0.215 e. The Morgan fingerprint density at radius 3 is 2.71 bits per heavy atom. The second kappa shape index (κ2) is 9.75. The van der Waals surface area contributed by atoms with Gasteiger partial charge in [0.2, 0.25) is 5.78 Å². The summed E-state index contributed by atoms with van der Waals surface area (Å²) in [7, 11) is 0. The average Bonchev–Trinajstić information content (AvgIpc) is 2.93. The van der Waals surface area contributed by atoms with Crippen LogP contribution in [0.4, 0.5) is 11.6 Å². The molecule has 5 rings (SSSR count). The minimum atomic E-state index is -0.287. The van der Waals surface area contributed by atoms with Crippen LogP contribution in [0.5, 0.6) is 0 Å². The third-order valence-corrected chi connectivity index (χ3v) is 6.16. The zero-order valence-corrected chi connectivity index (χ0v) is 19.1. The molecule has 1 saturated heterocycles. The summed E-state index contributed by atoms with van der Waals surface area (Å²) in [6, 6.07) is 27.0. The highest BCUT2D eigenvalue weighted by Gasteiger charge is 2.23. The molecule has 1 aliphatic heterocycles. The Hall–Kier alpha value is -4.54. The van der Waals surface area contributed by atoms with Crippen molar-refractivity contribution in [3.05, 3.63) is 107 Å². The van der Waals surface area contributed by atoms with Crippen molar-refractivity contribution < 1.29 is 9.07 Å². The predicted octanol–water partition coefficient (Wildman–Crippen LogP) is 4.72. The standard InChI is InChI=1S/C28H24N6O.3H2/c29-16-19-6-4-9-21(14-19)22-15-23(28(30)32-17-22)27(35)24-10-5-11-26(33-24)34-13-12-31-25(18-34)20-7-2-1-3-8-20;;;/h1-11,14-15,17,25,31H,12-13,18H2,(H2,30,32);3*1H. The van der Waals surface area contributed by atoms with Gasteiger partial charge in [-0.05, 0) is 41.5 Å². The smallest absolute Gasteiger partial charge is 0.215 e. The maximum atomic E-state index is 13.4. The first-order chi connectivity index (χ1) is 17.1. The molecule has 0 aliphatic carbocycles. The van der Waals surface area contributed by atoms with Gasteiger partial charge in [0.05, 0.1) is 17.2 Å². The number of carbonyl (C=O) groups is 1. The number of ketones is 1. The number of carbonyl (C=O) groups excluding carboxylic acids is 1. The van der Waals surface area contributed by atoms with Gasteiger partial charge in [-0.25, -0.2) is 9.97 Å². The first-order valence-corrected chi connectivity index (χ1v) is 11.4. The monoisotopic (exact) mass is 466 g/mol. The Balaban J connectivity index is 0.00000169. The number of benzene rings is 2. The fraction of sp³-hybridized carbons (Fsp3) is 0.143. The van der Waals surface area contributed by atoms with Crippen molar-refractivity contribution in [3.63, 3.8) is 0 Å². The van der Waals surface area contributed by atoms with Crippen molar-refractivity contribution in [2.75, 3.05) is 30.3 Å². The summed E-state index contributed by atoms with van der Waals surface area (Å²) in [6.07, 6.45) is 1.61. The van der Waals surface area contributed by atoms with Crippen molar-refractivity contribution in [2.24, 2.45) is 0 Å². The Morgan fingerprint density at radius 2 is 1.89 bits per heavy atom. The molecular weight excluding hydrogens is 436 g/mol. The molecule has 35 heavy (non-hydrogen) atoms. The molecule has 2 aromatic heterocycles. The van der Waals surface area contributed by atoms with E-state index in [1.165, 1.54) is 5.56 Å². The predicted molar refractivity (Wildman–Crippen MR) is 142 cm³/mol. The Bertz CT molecular complexity index is 1430. The summed E-state index contributed by atoms with van der Waals surface area (Å²) in [6.45, 7) is 2.37. The van der Waals surface area contributed by atoms with E-state index in [0.717, 1.165) is 31.0 Å². The maximum absolute atomic E-state index is 13.4. The average molecular weight is 467 g/mol. The number of nitrogen functional groups attached to an aromatic ring is 1. The molecule has 7 heteroatoms. The number of aromatic nitrogens is 2. The lowest BCUT2D eigenvalue weighted by Crippen LogP contribution is -2.46. The molecule has 0 radical (unpaired) electrons. The van der Waals surface area contributed by atoms with E-state index in [9.17, 15) is 10.1 Å². The van der Waals surface area contributed by atoms with Gasteiger partial charge in [0.15, 0.2) is 0 Å². The number of nitrogens with zero attached hydrogens (tertiary/aromatic N) is 4. The molecule has 0 spiro atoms. The van der Waals surface area contributed by atoms with Crippen molar-refractivity contribution in [1.82, 2.24) is 15.3 Å². The molecule has 1 aliphatic rings. The Kier molecular flexibility index (Phi) is 6.20. The lowest BCUT2D eigenvalue weighted by molar-refractivity contribution is 0.103. The number of hydrogen-bond donors (Lipinski definition) is 2. The van der Waals surface area contributed by atoms with Crippen molar-refractivity contribution in [3.8, 4) is 17.2 Å². The van der Waals surface area contributed by atoms with Gasteiger partial charge in [-0.3, -0.25) is 4.79 Å². The van der Waals surface area contributed by atoms with Crippen molar-refractivity contribution in [1.29, 1.82) is 5.26 Å². The number of piperazine rings is 1. The van der Waals surface area contributed by atoms with Crippen LogP contribution in [0.1, 0.15) is 37.5 Å². The molecule has 2 aromatic carbocycles. The van der Waals surface area contributed by atoms with Crippen molar-refractivity contribution >= 4 is 17.4 Å². The number of nitrogens with one attached hydrogen (secondary N) is 1. The molecule has 3 N–H and O–H groups in total. The minimum absolute atomic E-state index is 0. The van der Waals surface area contributed by atoms with Crippen LogP contribution >= 0.6 is 0 Å². The topological polar surface area (TPSA) is 108 Å². The summed E-state index contributed by atoms with van der Waals surface area (Å²) in [5.41, 5.74) is 9.96. The molecule has 1 unspecified atom stereocenters. The van der Waals surface area contributed by atoms with Gasteiger partial charge in [-0.15, -0.1) is 0 Å². The second-order valence-corrected chi connectivity index (χ2v) is 8.42. The molecule has 4 aromatic rings. The summed E-state index contributed by atoms with van der Waals surface area (Å²) in [4.78, 5) is 24.6. The highest BCUT2D eigenvalue weighted by molar-refractivity contribution is 6.11. The van der Waals surface area contributed by atoms with Crippen molar-refractivity contribution in [2.45, 2.75) is 6.04 Å². The number of rotatable bonds is 5. The summed E-state index contributed by atoms with van der Waals surface area (Å²) >= 11 is 0. The first-order valence-electron chi connectivity index (χ1n) is 11.4. The van der Waals surface area contributed by atoms with E-state index in [4.69, 9.17) is 10.7 Å². The van der Waals surface area contributed by atoms with Gasteiger partial charge in [0.25, 0.3) is 0 Å². The summed E-state index contributed by atoms with van der Waals surface area (Å²) in [5.74, 6) is 0.612. The minimum Gasteiger partial charge on any atom is -0.383 e. The SMILES string of the molecule is N#Cc1cccc(-c2cnc(N)c(C(=O)c3cccc(N4CCNC(c5ccccc5)C4)n3)c2)c1.[HH].[HH].[HH]. The largest absolute Gasteiger partial charge is 0.383 e. The molecule has 0 bridgehead atoms. The number of hydrogen-bond acceptors (Lipinski definition) is 7. The molecule has 3 heterocycles. The fourth-order valence-corrected chi connectivity index (χ4v) is 4.31.